The first-order chi connectivity index (χ1) is 16.9. The number of phenolic OH excluding ortho intramolecular Hbond substituents is 1. The van der Waals surface area contributed by atoms with Gasteiger partial charge in [-0.2, -0.15) is 0 Å². The number of aryl methyl sites for hydroxylation is 1. The van der Waals surface area contributed by atoms with Crippen LogP contribution in [-0.4, -0.2) is 5.11 Å². The number of hydrogen-bond donors (Lipinski definition) is 1. The van der Waals surface area contributed by atoms with Gasteiger partial charge in [0.1, 0.15) is 5.75 Å². The van der Waals surface area contributed by atoms with E-state index in [1.165, 1.54) is 100 Å². The van der Waals surface area contributed by atoms with Crippen molar-refractivity contribution in [1.29, 1.82) is 0 Å². The lowest BCUT2D eigenvalue weighted by Gasteiger charge is -2.23. The number of unbranched alkanes of at least 4 members (excludes halogenated alkanes) is 12. The Bertz CT molecular complexity index is 841. The molecule has 0 fully saturated rings. The van der Waals surface area contributed by atoms with E-state index in [9.17, 15) is 5.11 Å². The number of benzene rings is 2. The zero-order valence-corrected chi connectivity index (χ0v) is 23.2. The van der Waals surface area contributed by atoms with Gasteiger partial charge in [0.25, 0.3) is 0 Å². The maximum atomic E-state index is 10.7. The van der Waals surface area contributed by atoms with Crippen LogP contribution in [0.25, 0.3) is 6.08 Å². The SMILES string of the molecule is CCCCCCCCCCCCCCCc1cc(O)c(C(C)(C)C)cc1C/C=C/c1ccccc1. The molecule has 1 nitrogen and oxygen atoms in total. The summed E-state index contributed by atoms with van der Waals surface area (Å²) >= 11 is 0. The molecule has 194 valence electrons. The van der Waals surface area contributed by atoms with Gasteiger partial charge in [0.2, 0.25) is 0 Å². The Labute approximate surface area is 217 Å². The molecule has 2 rings (SSSR count). The molecule has 0 aliphatic heterocycles. The lowest BCUT2D eigenvalue weighted by molar-refractivity contribution is 0.445. The highest BCUT2D eigenvalue weighted by atomic mass is 16.3. The molecule has 0 saturated carbocycles. The van der Waals surface area contributed by atoms with Gasteiger partial charge in [-0.1, -0.05) is 153 Å². The summed E-state index contributed by atoms with van der Waals surface area (Å²) in [6, 6.07) is 14.8. The van der Waals surface area contributed by atoms with Gasteiger partial charge in [0.05, 0.1) is 0 Å². The van der Waals surface area contributed by atoms with E-state index in [2.05, 4.69) is 76.2 Å². The van der Waals surface area contributed by atoms with E-state index in [0.717, 1.165) is 18.4 Å². The van der Waals surface area contributed by atoms with Crippen molar-refractivity contribution in [2.24, 2.45) is 0 Å². The summed E-state index contributed by atoms with van der Waals surface area (Å²) in [5.74, 6) is 0.456. The monoisotopic (exact) mass is 476 g/mol. The predicted molar refractivity (Wildman–Crippen MR) is 155 cm³/mol. The van der Waals surface area contributed by atoms with Crippen molar-refractivity contribution in [2.75, 3.05) is 0 Å². The zero-order chi connectivity index (χ0) is 25.4. The fraction of sp³-hybridized carbons (Fsp3) is 0.588. The van der Waals surface area contributed by atoms with Gasteiger partial charge in [0, 0.05) is 0 Å². The van der Waals surface area contributed by atoms with Crippen molar-refractivity contribution in [1.82, 2.24) is 0 Å². The largest absolute Gasteiger partial charge is 0.508 e. The molecule has 0 heterocycles. The molecule has 0 saturated heterocycles. The molecule has 0 aliphatic carbocycles. The van der Waals surface area contributed by atoms with Gasteiger partial charge in [-0.05, 0) is 53.0 Å². The summed E-state index contributed by atoms with van der Waals surface area (Å²) in [5.41, 5.74) is 4.90. The Kier molecular flexibility index (Phi) is 13.9. The van der Waals surface area contributed by atoms with Crippen molar-refractivity contribution >= 4 is 6.08 Å². The fourth-order valence-electron chi connectivity index (χ4n) is 4.92. The molecular formula is C34H52O. The van der Waals surface area contributed by atoms with Crippen LogP contribution in [0.4, 0.5) is 0 Å². The zero-order valence-electron chi connectivity index (χ0n) is 23.2. The van der Waals surface area contributed by atoms with Gasteiger partial charge in [-0.15, -0.1) is 0 Å². The third-order valence-electron chi connectivity index (χ3n) is 7.12. The van der Waals surface area contributed by atoms with E-state index in [0.29, 0.717) is 5.75 Å². The Morgan fingerprint density at radius 1 is 0.686 bits per heavy atom. The highest BCUT2D eigenvalue weighted by molar-refractivity contribution is 5.51. The average Bonchev–Trinajstić information content (AvgIpc) is 2.83. The molecule has 0 atom stereocenters. The minimum absolute atomic E-state index is 0.0595. The van der Waals surface area contributed by atoms with Crippen molar-refractivity contribution in [3.8, 4) is 5.75 Å². The maximum absolute atomic E-state index is 10.7. The topological polar surface area (TPSA) is 20.2 Å². The van der Waals surface area contributed by atoms with E-state index in [4.69, 9.17) is 0 Å². The van der Waals surface area contributed by atoms with Crippen molar-refractivity contribution in [3.05, 3.63) is 70.8 Å². The molecule has 0 aliphatic rings. The minimum Gasteiger partial charge on any atom is -0.508 e. The quantitative estimate of drug-likeness (QED) is 0.225. The van der Waals surface area contributed by atoms with E-state index < -0.39 is 0 Å². The first kappa shape index (κ1) is 29.2. The van der Waals surface area contributed by atoms with Gasteiger partial charge in [-0.25, -0.2) is 0 Å². The van der Waals surface area contributed by atoms with Crippen LogP contribution in [0.1, 0.15) is 133 Å². The molecule has 1 N–H and O–H groups in total. The summed E-state index contributed by atoms with van der Waals surface area (Å²) in [6.45, 7) is 8.82. The molecule has 0 aromatic heterocycles. The number of hydrogen-bond acceptors (Lipinski definition) is 1. The molecule has 2 aromatic carbocycles. The summed E-state index contributed by atoms with van der Waals surface area (Å²) in [6.07, 6.45) is 24.4. The molecule has 0 unspecified atom stereocenters. The van der Waals surface area contributed by atoms with Crippen molar-refractivity contribution in [3.63, 3.8) is 0 Å². The molecule has 0 spiro atoms. The Balaban J connectivity index is 1.78. The van der Waals surface area contributed by atoms with Crippen molar-refractivity contribution < 1.29 is 5.11 Å². The van der Waals surface area contributed by atoms with Crippen molar-refractivity contribution in [2.45, 2.75) is 129 Å². The minimum atomic E-state index is -0.0595. The first-order valence-corrected chi connectivity index (χ1v) is 14.5. The van der Waals surface area contributed by atoms with Gasteiger partial charge < -0.3 is 5.11 Å². The van der Waals surface area contributed by atoms with E-state index in [1.807, 2.05) is 6.07 Å². The third-order valence-corrected chi connectivity index (χ3v) is 7.12. The van der Waals surface area contributed by atoms with E-state index >= 15 is 0 Å². The van der Waals surface area contributed by atoms with Crippen LogP contribution in [0, 0.1) is 0 Å². The summed E-state index contributed by atoms with van der Waals surface area (Å²) in [5, 5.41) is 10.7. The van der Waals surface area contributed by atoms with Crippen LogP contribution in [-0.2, 0) is 18.3 Å². The number of phenols is 1. The second-order valence-corrected chi connectivity index (χ2v) is 11.4. The number of allylic oxidation sites excluding steroid dienone is 1. The normalized spacial score (nSPS) is 12.0. The Morgan fingerprint density at radius 3 is 1.77 bits per heavy atom. The van der Waals surface area contributed by atoms with Gasteiger partial charge >= 0.3 is 0 Å². The van der Waals surface area contributed by atoms with Crippen LogP contribution in [0.3, 0.4) is 0 Å². The van der Waals surface area contributed by atoms with E-state index in [1.54, 1.807) is 0 Å². The second-order valence-electron chi connectivity index (χ2n) is 11.4. The number of aromatic hydroxyl groups is 1. The summed E-state index contributed by atoms with van der Waals surface area (Å²) < 4.78 is 0. The highest BCUT2D eigenvalue weighted by Gasteiger charge is 2.20. The molecule has 1 heteroatoms. The molecule has 0 bridgehead atoms. The lowest BCUT2D eigenvalue weighted by atomic mass is 9.83. The van der Waals surface area contributed by atoms with Crippen LogP contribution in [0.15, 0.2) is 48.5 Å². The molecular weight excluding hydrogens is 424 g/mol. The fourth-order valence-corrected chi connectivity index (χ4v) is 4.92. The molecule has 35 heavy (non-hydrogen) atoms. The molecule has 0 amide bonds. The number of rotatable bonds is 17. The maximum Gasteiger partial charge on any atom is 0.119 e. The molecule has 0 radical (unpaired) electrons. The van der Waals surface area contributed by atoms with E-state index in [-0.39, 0.29) is 5.41 Å². The summed E-state index contributed by atoms with van der Waals surface area (Å²) in [7, 11) is 0. The van der Waals surface area contributed by atoms with Crippen LogP contribution in [0.2, 0.25) is 0 Å². The second kappa shape index (κ2) is 16.6. The Morgan fingerprint density at radius 2 is 1.23 bits per heavy atom. The Hall–Kier alpha value is -2.02. The third kappa shape index (κ3) is 12.0. The predicted octanol–water partition coefficient (Wildman–Crippen LogP) is 10.6. The standard InChI is InChI=1S/C34H52O/c1-5-6-7-8-9-10-11-12-13-14-15-16-20-25-31-28-33(35)32(34(2,3)4)27-30(31)26-21-24-29-22-18-17-19-23-29/h17-19,21-24,27-28,35H,5-16,20,25-26H2,1-4H3/b24-21+. The smallest absolute Gasteiger partial charge is 0.119 e. The van der Waals surface area contributed by atoms with Gasteiger partial charge in [0.15, 0.2) is 0 Å². The highest BCUT2D eigenvalue weighted by Crippen LogP contribution is 2.34. The van der Waals surface area contributed by atoms with Gasteiger partial charge in [-0.3, -0.25) is 0 Å². The van der Waals surface area contributed by atoms with Crippen LogP contribution in [0.5, 0.6) is 5.75 Å². The summed E-state index contributed by atoms with van der Waals surface area (Å²) in [4.78, 5) is 0. The van der Waals surface area contributed by atoms with Crippen LogP contribution < -0.4 is 0 Å². The first-order valence-electron chi connectivity index (χ1n) is 14.5. The molecule has 2 aromatic rings. The van der Waals surface area contributed by atoms with Crippen LogP contribution >= 0.6 is 0 Å². The lowest BCUT2D eigenvalue weighted by Crippen LogP contribution is -2.12. The average molecular weight is 477 g/mol.